The van der Waals surface area contributed by atoms with Crippen LogP contribution in [0.5, 0.6) is 0 Å². The second-order valence-corrected chi connectivity index (χ2v) is 8.83. The molecule has 1 aliphatic rings. The number of nitrogens with zero attached hydrogens (tertiary/aromatic N) is 1. The van der Waals surface area contributed by atoms with Crippen LogP contribution in [0.4, 0.5) is 5.69 Å². The largest absolute Gasteiger partial charge is 0.398 e. The molecule has 0 amide bonds. The van der Waals surface area contributed by atoms with Gasteiger partial charge in [-0.15, -0.1) is 0 Å². The molecule has 0 aromatic heterocycles. The highest BCUT2D eigenvalue weighted by Gasteiger charge is 2.35. The molecule has 7 heteroatoms. The Morgan fingerprint density at radius 1 is 1.40 bits per heavy atom. The number of nitrogens with two attached hydrogens (primary N) is 1. The first-order valence-corrected chi connectivity index (χ1v) is 9.31. The van der Waals surface area contributed by atoms with Gasteiger partial charge < -0.3 is 5.73 Å². The minimum atomic E-state index is -3.55. The Bertz CT molecular complexity index is 596. The monoisotopic (exact) mass is 334 g/mol. The van der Waals surface area contributed by atoms with Crippen molar-refractivity contribution in [3.63, 3.8) is 0 Å². The Labute approximate surface area is 129 Å². The fourth-order valence-electron chi connectivity index (χ4n) is 2.20. The van der Waals surface area contributed by atoms with Gasteiger partial charge in [-0.25, -0.2) is 8.42 Å². The molecule has 2 unspecified atom stereocenters. The number of anilines is 1. The van der Waals surface area contributed by atoms with Crippen LogP contribution in [0.25, 0.3) is 0 Å². The fourth-order valence-corrected chi connectivity index (χ4v) is 5.55. The van der Waals surface area contributed by atoms with Crippen LogP contribution in [0, 0.1) is 6.92 Å². The summed E-state index contributed by atoms with van der Waals surface area (Å²) < 4.78 is 27.1. The topological polar surface area (TPSA) is 63.4 Å². The Morgan fingerprint density at radius 2 is 2.05 bits per heavy atom. The minimum Gasteiger partial charge on any atom is -0.398 e. The summed E-state index contributed by atoms with van der Waals surface area (Å²) in [4.78, 5) is 0.177. The van der Waals surface area contributed by atoms with Crippen molar-refractivity contribution >= 4 is 39.1 Å². The molecule has 2 N–H and O–H groups in total. The Hall–Kier alpha value is -0.430. The predicted molar refractivity (Wildman–Crippen MR) is 85.9 cm³/mol. The van der Waals surface area contributed by atoms with E-state index < -0.39 is 10.0 Å². The summed E-state index contributed by atoms with van der Waals surface area (Å²) in [6.07, 6.45) is 0. The normalized spacial score (nSPS) is 24.8. The van der Waals surface area contributed by atoms with Gasteiger partial charge in [-0.1, -0.05) is 18.5 Å². The lowest BCUT2D eigenvalue weighted by Crippen LogP contribution is -2.47. The molecular weight excluding hydrogens is 316 g/mol. The van der Waals surface area contributed by atoms with Crippen LogP contribution in [0.15, 0.2) is 17.0 Å². The zero-order chi connectivity index (χ0) is 15.1. The third-order valence-electron chi connectivity index (χ3n) is 3.79. The number of hydrogen-bond donors (Lipinski definition) is 1. The van der Waals surface area contributed by atoms with Crippen LogP contribution < -0.4 is 5.73 Å². The molecule has 1 aromatic rings. The maximum Gasteiger partial charge on any atom is 0.243 e. The lowest BCUT2D eigenvalue weighted by atomic mass is 10.2. The lowest BCUT2D eigenvalue weighted by Gasteiger charge is -2.36. The van der Waals surface area contributed by atoms with Crippen LogP contribution in [0.1, 0.15) is 19.4 Å². The maximum atomic E-state index is 12.8. The van der Waals surface area contributed by atoms with Crippen molar-refractivity contribution in [2.75, 3.05) is 18.0 Å². The van der Waals surface area contributed by atoms with Crippen molar-refractivity contribution in [2.24, 2.45) is 0 Å². The summed E-state index contributed by atoms with van der Waals surface area (Å²) >= 11 is 7.86. The predicted octanol–water partition coefficient (Wildman–Crippen LogP) is 2.75. The highest BCUT2D eigenvalue weighted by Crippen LogP contribution is 2.32. The quantitative estimate of drug-likeness (QED) is 0.845. The molecule has 0 spiro atoms. The van der Waals surface area contributed by atoms with E-state index in [9.17, 15) is 8.42 Å². The number of halogens is 1. The van der Waals surface area contributed by atoms with Gasteiger partial charge in [-0.2, -0.15) is 16.1 Å². The molecule has 1 fully saturated rings. The van der Waals surface area contributed by atoms with Crippen LogP contribution in [-0.4, -0.2) is 36.3 Å². The Balaban J connectivity index is 2.45. The van der Waals surface area contributed by atoms with Gasteiger partial charge in [0, 0.05) is 34.3 Å². The summed E-state index contributed by atoms with van der Waals surface area (Å²) in [6.45, 7) is 6.28. The van der Waals surface area contributed by atoms with E-state index in [1.165, 1.54) is 12.1 Å². The number of benzene rings is 1. The summed E-state index contributed by atoms with van der Waals surface area (Å²) in [6, 6.07) is 2.94. The molecule has 0 bridgehead atoms. The molecule has 20 heavy (non-hydrogen) atoms. The van der Waals surface area contributed by atoms with Crippen LogP contribution in [0.2, 0.25) is 5.02 Å². The Kier molecular flexibility index (Phi) is 4.59. The van der Waals surface area contributed by atoms with E-state index in [0.717, 1.165) is 5.75 Å². The maximum absolute atomic E-state index is 12.8. The van der Waals surface area contributed by atoms with Crippen molar-refractivity contribution in [1.29, 1.82) is 0 Å². The average Bonchev–Trinajstić information content (AvgIpc) is 2.38. The van der Waals surface area contributed by atoms with Gasteiger partial charge >= 0.3 is 0 Å². The lowest BCUT2D eigenvalue weighted by molar-refractivity contribution is 0.340. The first-order chi connectivity index (χ1) is 9.25. The molecule has 0 saturated carbocycles. The number of hydrogen-bond acceptors (Lipinski definition) is 4. The van der Waals surface area contributed by atoms with E-state index in [4.69, 9.17) is 17.3 Å². The summed E-state index contributed by atoms with van der Waals surface area (Å²) in [5.41, 5.74) is 6.95. The number of nitrogen functional groups attached to an aromatic ring is 1. The third-order valence-corrected chi connectivity index (χ3v) is 7.49. The van der Waals surface area contributed by atoms with Gasteiger partial charge in [-0.05, 0) is 31.5 Å². The zero-order valence-corrected chi connectivity index (χ0v) is 14.1. The second kappa shape index (κ2) is 5.75. The summed E-state index contributed by atoms with van der Waals surface area (Å²) in [7, 11) is -3.55. The average molecular weight is 335 g/mol. The number of sulfonamides is 1. The molecule has 0 aliphatic carbocycles. The fraction of sp³-hybridized carbons (Fsp3) is 0.538. The molecule has 1 saturated heterocycles. The van der Waals surface area contributed by atoms with Gasteiger partial charge in [0.15, 0.2) is 0 Å². The van der Waals surface area contributed by atoms with Crippen molar-refractivity contribution in [2.45, 2.75) is 37.0 Å². The van der Waals surface area contributed by atoms with E-state index in [2.05, 4.69) is 0 Å². The van der Waals surface area contributed by atoms with Crippen molar-refractivity contribution in [1.82, 2.24) is 4.31 Å². The SMILES string of the molecule is Cc1c(N)cc(S(=O)(=O)N2CCSC(C)C2C)cc1Cl. The minimum absolute atomic E-state index is 0.0416. The van der Waals surface area contributed by atoms with E-state index in [1.807, 2.05) is 13.8 Å². The van der Waals surface area contributed by atoms with Gasteiger partial charge in [0.1, 0.15) is 0 Å². The number of rotatable bonds is 2. The van der Waals surface area contributed by atoms with Crippen LogP contribution >= 0.6 is 23.4 Å². The van der Waals surface area contributed by atoms with E-state index >= 15 is 0 Å². The van der Waals surface area contributed by atoms with Crippen molar-refractivity contribution in [3.05, 3.63) is 22.7 Å². The van der Waals surface area contributed by atoms with Crippen LogP contribution in [-0.2, 0) is 10.0 Å². The Morgan fingerprint density at radius 3 is 2.65 bits per heavy atom. The van der Waals surface area contributed by atoms with Gasteiger partial charge in [-0.3, -0.25) is 0 Å². The molecule has 0 radical (unpaired) electrons. The molecule has 2 atom stereocenters. The van der Waals surface area contributed by atoms with E-state index in [1.54, 1.807) is 23.0 Å². The molecule has 4 nitrogen and oxygen atoms in total. The van der Waals surface area contributed by atoms with Crippen molar-refractivity contribution in [3.8, 4) is 0 Å². The smallest absolute Gasteiger partial charge is 0.243 e. The van der Waals surface area contributed by atoms with E-state index in [0.29, 0.717) is 22.8 Å². The van der Waals surface area contributed by atoms with Crippen LogP contribution in [0.3, 0.4) is 0 Å². The first-order valence-electron chi connectivity index (χ1n) is 6.44. The van der Waals surface area contributed by atoms with Gasteiger partial charge in [0.05, 0.1) is 4.90 Å². The summed E-state index contributed by atoms with van der Waals surface area (Å²) in [5.74, 6) is 0.805. The summed E-state index contributed by atoms with van der Waals surface area (Å²) in [5, 5.41) is 0.660. The standard InChI is InChI=1S/C13H19ClN2O2S2/c1-8-12(14)6-11(7-13(8)15)20(17,18)16-4-5-19-10(3)9(16)2/h6-7,9-10H,4-5,15H2,1-3H3. The zero-order valence-electron chi connectivity index (χ0n) is 11.8. The number of thioether (sulfide) groups is 1. The molecule has 1 aliphatic heterocycles. The van der Waals surface area contributed by atoms with Gasteiger partial charge in [0.25, 0.3) is 0 Å². The molecule has 1 aromatic carbocycles. The van der Waals surface area contributed by atoms with E-state index in [-0.39, 0.29) is 16.2 Å². The third kappa shape index (κ3) is 2.79. The second-order valence-electron chi connectivity index (χ2n) is 5.05. The molecule has 2 rings (SSSR count). The first kappa shape index (κ1) is 15.9. The highest BCUT2D eigenvalue weighted by molar-refractivity contribution is 8.00. The highest BCUT2D eigenvalue weighted by atomic mass is 35.5. The molecule has 1 heterocycles. The van der Waals surface area contributed by atoms with Crippen molar-refractivity contribution < 1.29 is 8.42 Å². The molecule has 112 valence electrons. The van der Waals surface area contributed by atoms with Gasteiger partial charge in [0.2, 0.25) is 10.0 Å². The molecular formula is C13H19ClN2O2S2.